The van der Waals surface area contributed by atoms with Crippen LogP contribution in [0, 0.1) is 0 Å². The van der Waals surface area contributed by atoms with Crippen LogP contribution < -0.4 is 4.90 Å². The summed E-state index contributed by atoms with van der Waals surface area (Å²) < 4.78 is 0. The van der Waals surface area contributed by atoms with Crippen molar-refractivity contribution in [1.29, 1.82) is 0 Å². The molecule has 0 aliphatic rings. The van der Waals surface area contributed by atoms with Gasteiger partial charge in [0.05, 0.1) is 16.7 Å². The molecule has 3 aromatic rings. The minimum atomic E-state index is 0.995. The fourth-order valence-corrected chi connectivity index (χ4v) is 2.61. The van der Waals surface area contributed by atoms with Crippen molar-refractivity contribution in [2.45, 2.75) is 13.8 Å². The largest absolute Gasteiger partial charge is 0.370 e. The van der Waals surface area contributed by atoms with Crippen LogP contribution in [0.1, 0.15) is 13.8 Å². The summed E-state index contributed by atoms with van der Waals surface area (Å²) in [5.41, 5.74) is 5.68. The van der Waals surface area contributed by atoms with E-state index in [0.29, 0.717) is 0 Å². The molecule has 3 nitrogen and oxygen atoms in total. The van der Waals surface area contributed by atoms with Crippen molar-refractivity contribution in [3.8, 4) is 11.3 Å². The van der Waals surface area contributed by atoms with Gasteiger partial charge in [-0.3, -0.25) is 4.98 Å². The summed E-state index contributed by atoms with van der Waals surface area (Å²) in [7, 11) is 0. The van der Waals surface area contributed by atoms with Crippen LogP contribution in [-0.4, -0.2) is 23.1 Å². The number of aromatic amines is 1. The maximum absolute atomic E-state index is 4.48. The molecule has 1 N–H and O–H groups in total. The average molecular weight is 265 g/mol. The van der Waals surface area contributed by atoms with Crippen molar-refractivity contribution in [1.82, 2.24) is 9.97 Å². The summed E-state index contributed by atoms with van der Waals surface area (Å²) in [4.78, 5) is 10.3. The Morgan fingerprint density at radius 2 is 1.80 bits per heavy atom. The monoisotopic (exact) mass is 265 g/mol. The SMILES string of the molecule is CCN(CC)c1ccnc2cc(-c3ccccc3)[nH]c12. The molecule has 3 heteroatoms. The number of anilines is 1. The standard InChI is InChI=1S/C17H19N3/c1-3-20(4-2)16-10-11-18-15-12-14(19-17(15)16)13-8-6-5-7-9-13/h5-12,19H,3-4H2,1-2H3. The number of fused-ring (bicyclic) bond motifs is 1. The number of nitrogens with one attached hydrogen (secondary N) is 1. The van der Waals surface area contributed by atoms with Gasteiger partial charge in [-0.05, 0) is 31.5 Å². The van der Waals surface area contributed by atoms with Gasteiger partial charge >= 0.3 is 0 Å². The molecule has 3 rings (SSSR count). The molecule has 0 saturated carbocycles. The third-order valence-electron chi connectivity index (χ3n) is 3.69. The van der Waals surface area contributed by atoms with Gasteiger partial charge in [0, 0.05) is 25.0 Å². The van der Waals surface area contributed by atoms with E-state index in [2.05, 4.69) is 65.1 Å². The van der Waals surface area contributed by atoms with Gasteiger partial charge in [-0.15, -0.1) is 0 Å². The molecule has 0 amide bonds. The van der Waals surface area contributed by atoms with Gasteiger partial charge in [0.1, 0.15) is 0 Å². The van der Waals surface area contributed by atoms with Gasteiger partial charge in [0.15, 0.2) is 0 Å². The van der Waals surface area contributed by atoms with Crippen LogP contribution >= 0.6 is 0 Å². The zero-order valence-corrected chi connectivity index (χ0v) is 11.9. The minimum Gasteiger partial charge on any atom is -0.370 e. The molecular weight excluding hydrogens is 246 g/mol. The molecule has 0 aliphatic heterocycles. The molecule has 0 unspecified atom stereocenters. The first kappa shape index (κ1) is 12.7. The van der Waals surface area contributed by atoms with Gasteiger partial charge in [0.2, 0.25) is 0 Å². The third kappa shape index (κ3) is 2.16. The van der Waals surface area contributed by atoms with E-state index in [4.69, 9.17) is 0 Å². The van der Waals surface area contributed by atoms with Crippen molar-refractivity contribution in [3.63, 3.8) is 0 Å². The lowest BCUT2D eigenvalue weighted by atomic mass is 10.2. The van der Waals surface area contributed by atoms with Gasteiger partial charge in [0.25, 0.3) is 0 Å². The first-order valence-corrected chi connectivity index (χ1v) is 7.11. The van der Waals surface area contributed by atoms with E-state index in [-0.39, 0.29) is 0 Å². The van der Waals surface area contributed by atoms with E-state index in [0.717, 1.165) is 29.8 Å². The van der Waals surface area contributed by atoms with Crippen LogP contribution in [0.3, 0.4) is 0 Å². The fourth-order valence-electron chi connectivity index (χ4n) is 2.61. The van der Waals surface area contributed by atoms with Crippen LogP contribution in [0.2, 0.25) is 0 Å². The molecule has 102 valence electrons. The summed E-state index contributed by atoms with van der Waals surface area (Å²) in [6.45, 7) is 6.35. The normalized spacial score (nSPS) is 10.9. The van der Waals surface area contributed by atoms with Crippen LogP contribution in [0.25, 0.3) is 22.3 Å². The number of nitrogens with zero attached hydrogens (tertiary/aromatic N) is 2. The number of hydrogen-bond donors (Lipinski definition) is 1. The van der Waals surface area contributed by atoms with Crippen molar-refractivity contribution < 1.29 is 0 Å². The molecule has 0 saturated heterocycles. The third-order valence-corrected chi connectivity index (χ3v) is 3.69. The Morgan fingerprint density at radius 1 is 1.05 bits per heavy atom. The van der Waals surface area contributed by atoms with Gasteiger partial charge in [-0.2, -0.15) is 0 Å². The highest BCUT2D eigenvalue weighted by Gasteiger charge is 2.11. The lowest BCUT2D eigenvalue weighted by Crippen LogP contribution is -2.22. The van der Waals surface area contributed by atoms with Crippen molar-refractivity contribution >= 4 is 16.7 Å². The quantitative estimate of drug-likeness (QED) is 0.771. The van der Waals surface area contributed by atoms with E-state index in [1.165, 1.54) is 11.3 Å². The van der Waals surface area contributed by atoms with Crippen molar-refractivity contribution in [2.75, 3.05) is 18.0 Å². The Morgan fingerprint density at radius 3 is 2.50 bits per heavy atom. The van der Waals surface area contributed by atoms with E-state index in [1.54, 1.807) is 0 Å². The predicted molar refractivity (Wildman–Crippen MR) is 85.1 cm³/mol. The van der Waals surface area contributed by atoms with Gasteiger partial charge in [-0.25, -0.2) is 0 Å². The molecule has 0 fully saturated rings. The van der Waals surface area contributed by atoms with E-state index < -0.39 is 0 Å². The summed E-state index contributed by atoms with van der Waals surface area (Å²) in [5.74, 6) is 0. The lowest BCUT2D eigenvalue weighted by molar-refractivity contribution is 0.868. The Kier molecular flexibility index (Phi) is 3.42. The molecule has 0 radical (unpaired) electrons. The van der Waals surface area contributed by atoms with Gasteiger partial charge < -0.3 is 9.88 Å². The minimum absolute atomic E-state index is 0.995. The molecule has 2 aromatic heterocycles. The zero-order valence-electron chi connectivity index (χ0n) is 11.9. The van der Waals surface area contributed by atoms with E-state index in [1.807, 2.05) is 12.3 Å². The Bertz CT molecular complexity index is 697. The second-order valence-electron chi connectivity index (χ2n) is 4.81. The van der Waals surface area contributed by atoms with Gasteiger partial charge in [-0.1, -0.05) is 30.3 Å². The second kappa shape index (κ2) is 5.37. The van der Waals surface area contributed by atoms with Crippen LogP contribution in [0.4, 0.5) is 5.69 Å². The summed E-state index contributed by atoms with van der Waals surface area (Å²) in [6.07, 6.45) is 1.89. The molecule has 0 spiro atoms. The summed E-state index contributed by atoms with van der Waals surface area (Å²) in [6, 6.07) is 14.6. The maximum Gasteiger partial charge on any atom is 0.0906 e. The summed E-state index contributed by atoms with van der Waals surface area (Å²) in [5, 5.41) is 0. The number of rotatable bonds is 4. The van der Waals surface area contributed by atoms with Crippen LogP contribution in [-0.2, 0) is 0 Å². The molecular formula is C17H19N3. The molecule has 2 heterocycles. The number of H-pyrrole nitrogens is 1. The highest BCUT2D eigenvalue weighted by atomic mass is 15.1. The fraction of sp³-hybridized carbons (Fsp3) is 0.235. The zero-order chi connectivity index (χ0) is 13.9. The van der Waals surface area contributed by atoms with Crippen LogP contribution in [0.15, 0.2) is 48.7 Å². The van der Waals surface area contributed by atoms with Crippen molar-refractivity contribution in [3.05, 3.63) is 48.7 Å². The predicted octanol–water partition coefficient (Wildman–Crippen LogP) is 4.08. The van der Waals surface area contributed by atoms with E-state index in [9.17, 15) is 0 Å². The number of aromatic nitrogens is 2. The second-order valence-corrected chi connectivity index (χ2v) is 4.81. The highest BCUT2D eigenvalue weighted by molar-refractivity contribution is 5.92. The first-order chi connectivity index (χ1) is 9.83. The topological polar surface area (TPSA) is 31.9 Å². The molecule has 0 atom stereocenters. The number of hydrogen-bond acceptors (Lipinski definition) is 2. The molecule has 20 heavy (non-hydrogen) atoms. The number of benzene rings is 1. The van der Waals surface area contributed by atoms with E-state index >= 15 is 0 Å². The maximum atomic E-state index is 4.48. The summed E-state index contributed by atoms with van der Waals surface area (Å²) >= 11 is 0. The lowest BCUT2D eigenvalue weighted by Gasteiger charge is -2.21. The Hall–Kier alpha value is -2.29. The average Bonchev–Trinajstić information content (AvgIpc) is 2.94. The number of pyridine rings is 1. The molecule has 0 aliphatic carbocycles. The Balaban J connectivity index is 2.14. The van der Waals surface area contributed by atoms with Crippen molar-refractivity contribution in [2.24, 2.45) is 0 Å². The Labute approximate surface area is 119 Å². The highest BCUT2D eigenvalue weighted by Crippen LogP contribution is 2.29. The first-order valence-electron chi connectivity index (χ1n) is 7.11. The molecule has 0 bridgehead atoms. The van der Waals surface area contributed by atoms with Crippen LogP contribution in [0.5, 0.6) is 0 Å². The molecule has 1 aromatic carbocycles. The smallest absolute Gasteiger partial charge is 0.0906 e.